The van der Waals surface area contributed by atoms with Crippen LogP contribution in [0.3, 0.4) is 0 Å². The van der Waals surface area contributed by atoms with E-state index in [1.165, 1.54) is 5.54 Å². The van der Waals surface area contributed by atoms with E-state index in [2.05, 4.69) is 0 Å². The van der Waals surface area contributed by atoms with Crippen LogP contribution in [0.4, 0.5) is 0 Å². The van der Waals surface area contributed by atoms with Gasteiger partial charge in [-0.2, -0.15) is 0 Å². The van der Waals surface area contributed by atoms with Gasteiger partial charge in [0.15, 0.2) is 0 Å². The second kappa shape index (κ2) is 5.58. The van der Waals surface area contributed by atoms with Crippen molar-refractivity contribution in [2.45, 2.75) is 25.8 Å². The van der Waals surface area contributed by atoms with Crippen molar-refractivity contribution < 1.29 is 4.74 Å². The molecule has 0 spiro atoms. The molecule has 0 aromatic carbocycles. The van der Waals surface area contributed by atoms with Gasteiger partial charge in [-0.15, -0.1) is 0 Å². The lowest BCUT2D eigenvalue weighted by molar-refractivity contribution is 0.111. The molecule has 2 N–H and O–H groups in total. The minimum Gasteiger partial charge on any atom is -0.375 e. The van der Waals surface area contributed by atoms with E-state index in [0.717, 1.165) is 6.42 Å². The van der Waals surface area contributed by atoms with Crippen LogP contribution in [0.1, 0.15) is 20.3 Å². The fourth-order valence-electron chi connectivity index (χ4n) is 0.499. The summed E-state index contributed by atoms with van der Waals surface area (Å²) in [5, 5.41) is 0. The number of hydrogen-bond acceptors (Lipinski definition) is 2. The molecule has 0 amide bonds. The van der Waals surface area contributed by atoms with E-state index >= 15 is 0 Å². The molecular weight excluding hydrogens is 162 g/mol. The van der Waals surface area contributed by atoms with Crippen molar-refractivity contribution in [1.82, 2.24) is 0 Å². The maximum atomic E-state index is 5.82. The molecule has 0 aromatic heterocycles. The minimum atomic E-state index is -0.208. The first-order valence-corrected chi connectivity index (χ1v) is 4.18. The van der Waals surface area contributed by atoms with Crippen molar-refractivity contribution in [3.05, 3.63) is 11.6 Å². The van der Waals surface area contributed by atoms with Crippen LogP contribution in [-0.4, -0.2) is 18.8 Å². The van der Waals surface area contributed by atoms with Crippen LogP contribution in [-0.2, 0) is 4.74 Å². The Hall–Kier alpha value is -0.0500. The summed E-state index contributed by atoms with van der Waals surface area (Å²) >= 11 is 5.29. The lowest BCUT2D eigenvalue weighted by atomic mass is 10.0. The Bertz CT molecular complexity index is 123. The predicted molar refractivity (Wildman–Crippen MR) is 48.7 cm³/mol. The lowest BCUT2D eigenvalue weighted by Gasteiger charge is -2.21. The lowest BCUT2D eigenvalue weighted by Crippen LogP contribution is -2.40. The van der Waals surface area contributed by atoms with E-state index in [4.69, 9.17) is 22.1 Å². The summed E-state index contributed by atoms with van der Waals surface area (Å²) in [6.07, 6.45) is 2.66. The van der Waals surface area contributed by atoms with Gasteiger partial charge in [0.25, 0.3) is 0 Å². The molecule has 0 saturated carbocycles. The Kier molecular flexibility index (Phi) is 5.56. The molecule has 11 heavy (non-hydrogen) atoms. The molecule has 0 saturated heterocycles. The Morgan fingerprint density at radius 1 is 1.64 bits per heavy atom. The number of hydrogen-bond donors (Lipinski definition) is 1. The molecule has 66 valence electrons. The quantitative estimate of drug-likeness (QED) is 0.651. The third kappa shape index (κ3) is 6.35. The highest BCUT2D eigenvalue weighted by atomic mass is 35.5. The topological polar surface area (TPSA) is 35.2 Å². The van der Waals surface area contributed by atoms with Crippen LogP contribution in [0, 0.1) is 0 Å². The summed E-state index contributed by atoms with van der Waals surface area (Å²) in [6.45, 7) is 5.12. The van der Waals surface area contributed by atoms with Gasteiger partial charge < -0.3 is 10.5 Å². The molecule has 2 nitrogen and oxygen atoms in total. The molecule has 0 aromatic rings. The highest BCUT2D eigenvalue weighted by Gasteiger charge is 2.14. The van der Waals surface area contributed by atoms with Crippen molar-refractivity contribution in [2.24, 2.45) is 5.73 Å². The Balaban J connectivity index is 3.37. The van der Waals surface area contributed by atoms with Gasteiger partial charge in [-0.05, 0) is 19.4 Å². The van der Waals surface area contributed by atoms with E-state index < -0.39 is 0 Å². The van der Waals surface area contributed by atoms with Crippen LogP contribution in [0.5, 0.6) is 0 Å². The zero-order chi connectivity index (χ0) is 8.74. The minimum absolute atomic E-state index is 0.208. The van der Waals surface area contributed by atoms with Gasteiger partial charge in [0, 0.05) is 11.1 Å². The number of ether oxygens (including phenoxy) is 1. The van der Waals surface area contributed by atoms with Gasteiger partial charge in [0.1, 0.15) is 0 Å². The summed E-state index contributed by atoms with van der Waals surface area (Å²) in [6, 6.07) is 0. The van der Waals surface area contributed by atoms with Crippen molar-refractivity contribution in [3.8, 4) is 0 Å². The van der Waals surface area contributed by atoms with E-state index in [0.29, 0.717) is 13.2 Å². The molecular formula is C8H16ClNO. The van der Waals surface area contributed by atoms with Crippen LogP contribution in [0.15, 0.2) is 11.6 Å². The Morgan fingerprint density at radius 3 is 2.73 bits per heavy atom. The first-order valence-electron chi connectivity index (χ1n) is 3.74. The van der Waals surface area contributed by atoms with Crippen LogP contribution in [0.25, 0.3) is 0 Å². The van der Waals surface area contributed by atoms with Crippen molar-refractivity contribution in [2.75, 3.05) is 13.2 Å². The Labute approximate surface area is 73.4 Å². The van der Waals surface area contributed by atoms with Gasteiger partial charge >= 0.3 is 0 Å². The first-order chi connectivity index (χ1) is 5.12. The molecule has 0 fully saturated rings. The number of nitrogens with two attached hydrogens (primary N) is 1. The number of rotatable bonds is 5. The molecule has 0 aliphatic rings. The van der Waals surface area contributed by atoms with Crippen molar-refractivity contribution in [3.63, 3.8) is 0 Å². The van der Waals surface area contributed by atoms with Crippen LogP contribution in [0.2, 0.25) is 0 Å². The summed E-state index contributed by atoms with van der Waals surface area (Å²) < 4.78 is 5.23. The van der Waals surface area contributed by atoms with Crippen LogP contribution < -0.4 is 5.73 Å². The maximum absolute atomic E-state index is 5.82. The predicted octanol–water partition coefficient (Wildman–Crippen LogP) is 1.88. The second-order valence-electron chi connectivity index (χ2n) is 2.88. The van der Waals surface area contributed by atoms with Crippen LogP contribution >= 0.6 is 11.6 Å². The molecule has 1 unspecified atom stereocenters. The summed E-state index contributed by atoms with van der Waals surface area (Å²) in [7, 11) is 0. The van der Waals surface area contributed by atoms with Gasteiger partial charge in [0.05, 0.1) is 13.2 Å². The highest BCUT2D eigenvalue weighted by Crippen LogP contribution is 2.04. The van der Waals surface area contributed by atoms with Crippen molar-refractivity contribution in [1.29, 1.82) is 0 Å². The SMILES string of the molecule is CCC(C)(N)COCC=CCl. The molecule has 0 aliphatic heterocycles. The monoisotopic (exact) mass is 177 g/mol. The second-order valence-corrected chi connectivity index (χ2v) is 3.14. The average molecular weight is 178 g/mol. The fourth-order valence-corrected chi connectivity index (χ4v) is 0.571. The van der Waals surface area contributed by atoms with E-state index in [1.54, 1.807) is 6.08 Å². The van der Waals surface area contributed by atoms with E-state index in [9.17, 15) is 0 Å². The van der Waals surface area contributed by atoms with Crippen molar-refractivity contribution >= 4 is 11.6 Å². The normalized spacial score (nSPS) is 17.1. The third-order valence-electron chi connectivity index (χ3n) is 1.54. The smallest absolute Gasteiger partial charge is 0.0659 e. The van der Waals surface area contributed by atoms with Gasteiger partial charge in [-0.1, -0.05) is 18.5 Å². The third-order valence-corrected chi connectivity index (χ3v) is 1.72. The van der Waals surface area contributed by atoms with Gasteiger partial charge in [0.2, 0.25) is 0 Å². The average Bonchev–Trinajstić information content (AvgIpc) is 1.99. The molecule has 3 heteroatoms. The van der Waals surface area contributed by atoms with Gasteiger partial charge in [-0.3, -0.25) is 0 Å². The summed E-state index contributed by atoms with van der Waals surface area (Å²) in [5.74, 6) is 0. The largest absolute Gasteiger partial charge is 0.375 e. The summed E-state index contributed by atoms with van der Waals surface area (Å²) in [4.78, 5) is 0. The zero-order valence-corrected chi connectivity index (χ0v) is 7.90. The fraction of sp³-hybridized carbons (Fsp3) is 0.750. The van der Waals surface area contributed by atoms with E-state index in [-0.39, 0.29) is 5.54 Å². The number of halogens is 1. The Morgan fingerprint density at radius 2 is 2.27 bits per heavy atom. The molecule has 0 bridgehead atoms. The molecule has 0 aliphatic carbocycles. The van der Waals surface area contributed by atoms with Gasteiger partial charge in [-0.25, -0.2) is 0 Å². The first kappa shape index (κ1) is 11.0. The molecule has 0 heterocycles. The highest BCUT2D eigenvalue weighted by molar-refractivity contribution is 6.25. The molecule has 0 radical (unpaired) electrons. The standard InChI is InChI=1S/C8H16ClNO/c1-3-8(2,10)7-11-6-4-5-9/h4-5H,3,6-7,10H2,1-2H3. The van der Waals surface area contributed by atoms with E-state index in [1.807, 2.05) is 13.8 Å². The molecule has 0 rings (SSSR count). The molecule has 1 atom stereocenters. The summed E-state index contributed by atoms with van der Waals surface area (Å²) in [5.41, 5.74) is 7.05. The maximum Gasteiger partial charge on any atom is 0.0659 e. The zero-order valence-electron chi connectivity index (χ0n) is 7.14.